The second-order valence-electron chi connectivity index (χ2n) is 4.91. The van der Waals surface area contributed by atoms with E-state index in [1.54, 1.807) is 6.20 Å². The van der Waals surface area contributed by atoms with Crippen LogP contribution in [0.2, 0.25) is 0 Å². The van der Waals surface area contributed by atoms with Crippen molar-refractivity contribution >= 4 is 11.6 Å². The Hall–Kier alpha value is -1.53. The quantitative estimate of drug-likeness (QED) is 0.581. The number of aromatic amines is 1. The normalized spacial score (nSPS) is 15.8. The van der Waals surface area contributed by atoms with Gasteiger partial charge in [0.2, 0.25) is 0 Å². The van der Waals surface area contributed by atoms with Gasteiger partial charge in [-0.3, -0.25) is 9.59 Å². The Morgan fingerprint density at radius 2 is 2.05 bits per heavy atom. The summed E-state index contributed by atoms with van der Waals surface area (Å²) in [6, 6.07) is -1.29. The van der Waals surface area contributed by atoms with Crippen LogP contribution < -0.4 is 11.5 Å². The average molecular weight is 266 g/mol. The number of rotatable bonds is 8. The molecule has 6 nitrogen and oxygen atoms in total. The van der Waals surface area contributed by atoms with Crippen LogP contribution >= 0.6 is 0 Å². The van der Waals surface area contributed by atoms with E-state index >= 15 is 0 Å². The first-order valence-electron chi connectivity index (χ1n) is 6.49. The minimum absolute atomic E-state index is 0.0733. The summed E-state index contributed by atoms with van der Waals surface area (Å²) >= 11 is 0. The summed E-state index contributed by atoms with van der Waals surface area (Å²) in [6.45, 7) is 3.86. The maximum absolute atomic E-state index is 11.9. The highest BCUT2D eigenvalue weighted by Gasteiger charge is 2.24. The molecule has 6 heteroatoms. The predicted molar refractivity (Wildman–Crippen MR) is 72.3 cm³/mol. The lowest BCUT2D eigenvalue weighted by Crippen LogP contribution is -2.41. The molecule has 19 heavy (non-hydrogen) atoms. The third-order valence-corrected chi connectivity index (χ3v) is 3.39. The zero-order valence-corrected chi connectivity index (χ0v) is 11.4. The summed E-state index contributed by atoms with van der Waals surface area (Å²) in [5.41, 5.74) is 12.3. The fourth-order valence-corrected chi connectivity index (χ4v) is 1.74. The molecular weight excluding hydrogens is 244 g/mol. The van der Waals surface area contributed by atoms with Gasteiger partial charge in [0, 0.05) is 18.3 Å². The molecule has 0 aliphatic carbocycles. The maximum atomic E-state index is 11.9. The average Bonchev–Trinajstić information content (AvgIpc) is 2.89. The number of hydrogen-bond donors (Lipinski definition) is 3. The summed E-state index contributed by atoms with van der Waals surface area (Å²) in [5.74, 6) is -0.443. The second-order valence-corrected chi connectivity index (χ2v) is 4.91. The van der Waals surface area contributed by atoms with Gasteiger partial charge in [0.15, 0.2) is 11.6 Å². The summed E-state index contributed by atoms with van der Waals surface area (Å²) in [6.07, 6.45) is 4.10. The van der Waals surface area contributed by atoms with Crippen LogP contribution in [-0.4, -0.2) is 33.6 Å². The van der Waals surface area contributed by atoms with Crippen molar-refractivity contribution in [1.82, 2.24) is 9.97 Å². The Labute approximate surface area is 113 Å². The van der Waals surface area contributed by atoms with Crippen molar-refractivity contribution in [3.05, 3.63) is 18.2 Å². The van der Waals surface area contributed by atoms with E-state index in [-0.39, 0.29) is 23.9 Å². The van der Waals surface area contributed by atoms with Crippen LogP contribution in [0.3, 0.4) is 0 Å². The zero-order chi connectivity index (χ0) is 14.4. The van der Waals surface area contributed by atoms with Gasteiger partial charge in [0.25, 0.3) is 0 Å². The highest BCUT2D eigenvalue weighted by molar-refractivity contribution is 6.03. The molecule has 106 valence electrons. The van der Waals surface area contributed by atoms with E-state index in [0.29, 0.717) is 6.42 Å². The van der Waals surface area contributed by atoms with Crippen molar-refractivity contribution in [3.63, 3.8) is 0 Å². The predicted octanol–water partition coefficient (Wildman–Crippen LogP) is 0.181. The van der Waals surface area contributed by atoms with E-state index in [2.05, 4.69) is 9.97 Å². The van der Waals surface area contributed by atoms with Gasteiger partial charge in [-0.05, 0) is 5.92 Å². The highest BCUT2D eigenvalue weighted by Crippen LogP contribution is 2.09. The molecule has 1 unspecified atom stereocenters. The molecule has 5 N–H and O–H groups in total. The second kappa shape index (κ2) is 7.16. The van der Waals surface area contributed by atoms with Crippen LogP contribution in [0.1, 0.15) is 32.4 Å². The Bertz CT molecular complexity index is 416. The smallest absolute Gasteiger partial charge is 0.157 e. The largest absolute Gasteiger partial charge is 0.348 e. The zero-order valence-electron chi connectivity index (χ0n) is 11.4. The van der Waals surface area contributed by atoms with Crippen LogP contribution in [0, 0.1) is 5.92 Å². The van der Waals surface area contributed by atoms with Crippen molar-refractivity contribution in [2.75, 3.05) is 0 Å². The van der Waals surface area contributed by atoms with Crippen LogP contribution in [0.15, 0.2) is 12.5 Å². The van der Waals surface area contributed by atoms with Gasteiger partial charge in [0.05, 0.1) is 24.8 Å². The van der Waals surface area contributed by atoms with Crippen LogP contribution in [0.5, 0.6) is 0 Å². The number of carbonyl (C=O) groups is 2. The van der Waals surface area contributed by atoms with Gasteiger partial charge in [-0.2, -0.15) is 0 Å². The van der Waals surface area contributed by atoms with Gasteiger partial charge < -0.3 is 16.5 Å². The number of Topliss-reactive ketones (excluding diaryl/α,β-unsaturated/α-hetero) is 2. The summed E-state index contributed by atoms with van der Waals surface area (Å²) < 4.78 is 0. The Morgan fingerprint density at radius 1 is 1.37 bits per heavy atom. The van der Waals surface area contributed by atoms with Gasteiger partial charge in [-0.25, -0.2) is 4.98 Å². The van der Waals surface area contributed by atoms with Crippen molar-refractivity contribution in [2.45, 2.75) is 45.2 Å². The van der Waals surface area contributed by atoms with Gasteiger partial charge in [-0.15, -0.1) is 0 Å². The van der Waals surface area contributed by atoms with Gasteiger partial charge >= 0.3 is 0 Å². The van der Waals surface area contributed by atoms with E-state index in [4.69, 9.17) is 11.5 Å². The van der Waals surface area contributed by atoms with Crippen molar-refractivity contribution in [2.24, 2.45) is 17.4 Å². The molecule has 1 aromatic rings. The molecule has 0 aliphatic rings. The molecule has 1 heterocycles. The molecule has 1 rings (SSSR count). The van der Waals surface area contributed by atoms with Gasteiger partial charge in [-0.1, -0.05) is 20.3 Å². The van der Waals surface area contributed by atoms with E-state index in [9.17, 15) is 9.59 Å². The minimum atomic E-state index is -0.700. The monoisotopic (exact) mass is 266 g/mol. The number of hydrogen-bond acceptors (Lipinski definition) is 5. The minimum Gasteiger partial charge on any atom is -0.348 e. The summed E-state index contributed by atoms with van der Waals surface area (Å²) in [7, 11) is 0. The van der Waals surface area contributed by atoms with Crippen molar-refractivity contribution < 1.29 is 9.59 Å². The lowest BCUT2D eigenvalue weighted by molar-refractivity contribution is -0.129. The topological polar surface area (TPSA) is 115 Å². The van der Waals surface area contributed by atoms with Crippen molar-refractivity contribution in [3.8, 4) is 0 Å². The fourth-order valence-electron chi connectivity index (χ4n) is 1.74. The first-order valence-corrected chi connectivity index (χ1v) is 6.49. The van der Waals surface area contributed by atoms with E-state index in [1.165, 1.54) is 6.33 Å². The van der Waals surface area contributed by atoms with E-state index in [0.717, 1.165) is 12.1 Å². The Morgan fingerprint density at radius 3 is 2.58 bits per heavy atom. The number of nitrogens with zero attached hydrogens (tertiary/aromatic N) is 1. The van der Waals surface area contributed by atoms with E-state index < -0.39 is 12.1 Å². The molecule has 0 radical (unpaired) electrons. The number of nitrogens with one attached hydrogen (secondary N) is 1. The SMILES string of the molecule is CC[C@H](C)C(N)C(=O)CC(=O)[C@@H](N)Cc1cnc[nH]1. The standard InChI is InChI=1S/C13H22N4O2/c1-3-8(2)13(15)12(19)5-11(18)10(14)4-9-6-16-7-17-9/h6-8,10,13H,3-5,14-15H2,1-2H3,(H,16,17)/t8-,10-,13?/m0/s1. The maximum Gasteiger partial charge on any atom is 0.157 e. The Balaban J connectivity index is 2.47. The number of aromatic nitrogens is 2. The molecule has 0 saturated heterocycles. The lowest BCUT2D eigenvalue weighted by atomic mass is 9.92. The number of H-pyrrole nitrogens is 1. The molecular formula is C13H22N4O2. The molecule has 0 spiro atoms. The molecule has 0 bridgehead atoms. The van der Waals surface area contributed by atoms with E-state index in [1.807, 2.05) is 13.8 Å². The molecule has 3 atom stereocenters. The van der Waals surface area contributed by atoms with Gasteiger partial charge in [0.1, 0.15) is 0 Å². The summed E-state index contributed by atoms with van der Waals surface area (Å²) in [4.78, 5) is 30.4. The third kappa shape index (κ3) is 4.57. The lowest BCUT2D eigenvalue weighted by Gasteiger charge is -2.17. The molecule has 0 fully saturated rings. The van der Waals surface area contributed by atoms with Crippen molar-refractivity contribution in [1.29, 1.82) is 0 Å². The molecule has 0 saturated carbocycles. The van der Waals surface area contributed by atoms with Crippen LogP contribution in [0.25, 0.3) is 0 Å². The fraction of sp³-hybridized carbons (Fsp3) is 0.615. The Kier molecular flexibility index (Phi) is 5.85. The van der Waals surface area contributed by atoms with Crippen LogP contribution in [-0.2, 0) is 16.0 Å². The highest BCUT2D eigenvalue weighted by atomic mass is 16.1. The first kappa shape index (κ1) is 15.5. The molecule has 0 amide bonds. The molecule has 0 aliphatic heterocycles. The van der Waals surface area contributed by atoms with Crippen LogP contribution in [0.4, 0.5) is 0 Å². The number of ketones is 2. The molecule has 0 aromatic carbocycles. The number of imidazole rings is 1. The third-order valence-electron chi connectivity index (χ3n) is 3.39. The molecule has 1 aromatic heterocycles. The summed E-state index contributed by atoms with van der Waals surface area (Å²) in [5, 5.41) is 0. The number of nitrogens with two attached hydrogens (primary N) is 2. The number of carbonyl (C=O) groups excluding carboxylic acids is 2. The first-order chi connectivity index (χ1) is 8.95.